The van der Waals surface area contributed by atoms with E-state index in [0.717, 1.165) is 10.9 Å². The van der Waals surface area contributed by atoms with Gasteiger partial charge in [0.15, 0.2) is 23.5 Å². The van der Waals surface area contributed by atoms with Gasteiger partial charge in [0.05, 0.1) is 12.9 Å². The lowest BCUT2D eigenvalue weighted by atomic mass is 10.1. The SMILES string of the molecule is NCCNC(=O)O[C@H]1[C@@H](O)[C@H](n2cnc3c(=O)[nH]c(N)nc32)O[C@@H]1COP(=O)(O)OP(=O)(O)O. The van der Waals surface area contributed by atoms with Crippen LogP contribution >= 0.6 is 15.6 Å². The molecule has 1 unspecified atom stereocenters. The van der Waals surface area contributed by atoms with Crippen LogP contribution < -0.4 is 22.3 Å². The smallest absolute Gasteiger partial charge is 0.440 e. The fourth-order valence-corrected chi connectivity index (χ4v) is 4.62. The van der Waals surface area contributed by atoms with Crippen molar-refractivity contribution in [3.63, 3.8) is 0 Å². The van der Waals surface area contributed by atoms with Crippen molar-refractivity contribution in [2.24, 2.45) is 5.73 Å². The van der Waals surface area contributed by atoms with Gasteiger partial charge in [0.1, 0.15) is 12.2 Å². The first kappa shape index (κ1) is 26.2. The summed E-state index contributed by atoms with van der Waals surface area (Å²) in [5, 5.41) is 13.1. The molecule has 0 spiro atoms. The van der Waals surface area contributed by atoms with Gasteiger partial charge in [-0.15, -0.1) is 0 Å². The van der Waals surface area contributed by atoms with Crippen molar-refractivity contribution in [1.82, 2.24) is 24.8 Å². The van der Waals surface area contributed by atoms with Crippen LogP contribution in [0, 0.1) is 0 Å². The highest BCUT2D eigenvalue weighted by atomic mass is 31.3. The number of nitrogens with one attached hydrogen (secondary N) is 2. The number of aromatic nitrogens is 4. The minimum atomic E-state index is -5.40. The largest absolute Gasteiger partial charge is 0.481 e. The summed E-state index contributed by atoms with van der Waals surface area (Å²) in [4.78, 5) is 61.0. The third-order valence-corrected chi connectivity index (χ3v) is 6.45. The molecule has 190 valence electrons. The Morgan fingerprint density at radius 3 is 2.71 bits per heavy atom. The number of imidazole rings is 1. The highest BCUT2D eigenvalue weighted by Crippen LogP contribution is 2.57. The second-order valence-corrected chi connectivity index (χ2v) is 9.58. The van der Waals surface area contributed by atoms with Gasteiger partial charge in [0.2, 0.25) is 5.95 Å². The molecule has 1 fully saturated rings. The van der Waals surface area contributed by atoms with E-state index in [4.69, 9.17) is 30.7 Å². The fraction of sp³-hybridized carbons (Fsp3) is 0.538. The van der Waals surface area contributed by atoms with Crippen LogP contribution in [0.2, 0.25) is 0 Å². The van der Waals surface area contributed by atoms with Gasteiger partial charge in [-0.1, -0.05) is 0 Å². The first-order valence-corrected chi connectivity index (χ1v) is 12.3. The van der Waals surface area contributed by atoms with Crippen molar-refractivity contribution < 1.29 is 52.0 Å². The molecule has 0 saturated carbocycles. The molecule has 34 heavy (non-hydrogen) atoms. The number of phosphoric ester groups is 1. The van der Waals surface area contributed by atoms with Crippen LogP contribution in [-0.2, 0) is 27.4 Å². The van der Waals surface area contributed by atoms with E-state index in [1.807, 2.05) is 0 Å². The lowest BCUT2D eigenvalue weighted by Crippen LogP contribution is -2.42. The molecule has 10 N–H and O–H groups in total. The summed E-state index contributed by atoms with van der Waals surface area (Å²) in [6.07, 6.45) is -6.05. The van der Waals surface area contributed by atoms with E-state index in [1.54, 1.807) is 0 Å². The molecule has 2 aromatic heterocycles. The van der Waals surface area contributed by atoms with Crippen molar-refractivity contribution in [2.75, 3.05) is 25.4 Å². The van der Waals surface area contributed by atoms with E-state index in [0.29, 0.717) is 0 Å². The lowest BCUT2D eigenvalue weighted by Gasteiger charge is -2.21. The quantitative estimate of drug-likeness (QED) is 0.153. The average Bonchev–Trinajstić information content (AvgIpc) is 3.25. The number of phosphoric acid groups is 2. The summed E-state index contributed by atoms with van der Waals surface area (Å²) in [6.45, 7) is -0.837. The predicted octanol–water partition coefficient (Wildman–Crippen LogP) is -2.76. The van der Waals surface area contributed by atoms with Gasteiger partial charge in [0, 0.05) is 13.1 Å². The maximum Gasteiger partial charge on any atom is 0.481 e. The number of nitrogens with zero attached hydrogens (tertiary/aromatic N) is 3. The summed E-state index contributed by atoms with van der Waals surface area (Å²) in [6, 6.07) is 0. The minimum Gasteiger partial charge on any atom is -0.440 e. The topological polar surface area (TPSA) is 297 Å². The Kier molecular flexibility index (Phi) is 7.73. The molecule has 0 aromatic carbocycles. The Balaban J connectivity index is 1.87. The Labute approximate surface area is 188 Å². The van der Waals surface area contributed by atoms with E-state index in [9.17, 15) is 28.7 Å². The zero-order chi connectivity index (χ0) is 25.3. The predicted molar refractivity (Wildman–Crippen MR) is 109 cm³/mol. The van der Waals surface area contributed by atoms with E-state index < -0.39 is 58.4 Å². The number of carbonyl (C=O) groups is 1. The van der Waals surface area contributed by atoms with Crippen molar-refractivity contribution in [1.29, 1.82) is 0 Å². The lowest BCUT2D eigenvalue weighted by molar-refractivity contribution is -0.0508. The minimum absolute atomic E-state index is 0.0210. The molecule has 0 aliphatic carbocycles. The van der Waals surface area contributed by atoms with Crippen LogP contribution in [0.4, 0.5) is 10.7 Å². The highest BCUT2D eigenvalue weighted by Gasteiger charge is 2.49. The van der Waals surface area contributed by atoms with Gasteiger partial charge >= 0.3 is 21.7 Å². The van der Waals surface area contributed by atoms with E-state index in [2.05, 4.69) is 29.1 Å². The number of aliphatic hydroxyl groups excluding tert-OH is 1. The van der Waals surface area contributed by atoms with Crippen LogP contribution in [0.15, 0.2) is 11.1 Å². The number of ether oxygens (including phenoxy) is 2. The van der Waals surface area contributed by atoms with Gasteiger partial charge in [-0.2, -0.15) is 9.29 Å². The summed E-state index contributed by atoms with van der Waals surface area (Å²) in [7, 11) is -10.7. The number of amides is 1. The Morgan fingerprint density at radius 1 is 1.35 bits per heavy atom. The third-order valence-electron chi connectivity index (χ3n) is 4.30. The monoisotopic (exact) mass is 529 g/mol. The Bertz CT molecular complexity index is 1200. The van der Waals surface area contributed by atoms with Gasteiger partial charge in [-0.3, -0.25) is 18.9 Å². The summed E-state index contributed by atoms with van der Waals surface area (Å²) < 4.78 is 42.7. The number of alkyl carbamates (subject to hydrolysis) is 1. The number of hydrogen-bond acceptors (Lipinski definition) is 13. The van der Waals surface area contributed by atoms with Crippen molar-refractivity contribution in [3.05, 3.63) is 16.7 Å². The third kappa shape index (κ3) is 6.16. The van der Waals surface area contributed by atoms with Crippen LogP contribution in [0.1, 0.15) is 6.23 Å². The molecule has 0 bridgehead atoms. The number of hydrogen-bond donors (Lipinski definition) is 8. The van der Waals surface area contributed by atoms with Crippen LogP contribution in [-0.4, -0.2) is 83.4 Å². The number of H-pyrrole nitrogens is 1. The standard InChI is InChI=1S/C13H21N7O12P2/c14-1-2-16-13(23)31-8-5(3-29-34(27,28)32-33(24,25)26)30-11(7(8)21)20-4-17-6-9(20)18-12(15)19-10(6)22/h4-5,7-8,11,21H,1-3,14H2,(H,16,23)(H,27,28)(H2,24,25,26)(H3,15,18,19,22)/t5-,7-,8-,11-/m1/s1. The Morgan fingerprint density at radius 2 is 2.06 bits per heavy atom. The first-order chi connectivity index (χ1) is 15.8. The summed E-state index contributed by atoms with van der Waals surface area (Å²) in [5.74, 6) is -0.267. The van der Waals surface area contributed by atoms with Crippen molar-refractivity contribution in [2.45, 2.75) is 24.5 Å². The van der Waals surface area contributed by atoms with Crippen molar-refractivity contribution in [3.8, 4) is 0 Å². The second kappa shape index (κ2) is 10.0. The van der Waals surface area contributed by atoms with Gasteiger partial charge in [-0.05, 0) is 0 Å². The molecule has 0 radical (unpaired) electrons. The molecule has 21 heteroatoms. The number of carbonyl (C=O) groups excluding carboxylic acids is 1. The maximum absolute atomic E-state index is 12.0. The molecule has 19 nitrogen and oxygen atoms in total. The van der Waals surface area contributed by atoms with Gasteiger partial charge < -0.3 is 46.0 Å². The molecule has 1 aliphatic rings. The number of fused-ring (bicyclic) bond motifs is 1. The zero-order valence-electron chi connectivity index (χ0n) is 17.0. The van der Waals surface area contributed by atoms with Gasteiger partial charge in [0.25, 0.3) is 5.56 Å². The van der Waals surface area contributed by atoms with Crippen LogP contribution in [0.5, 0.6) is 0 Å². The Hall–Kier alpha value is -2.44. The molecular weight excluding hydrogens is 508 g/mol. The summed E-state index contributed by atoms with van der Waals surface area (Å²) >= 11 is 0. The molecule has 1 aliphatic heterocycles. The maximum atomic E-state index is 12.0. The molecule has 1 amide bonds. The number of nitrogen functional groups attached to an aromatic ring is 1. The number of nitrogens with two attached hydrogens (primary N) is 2. The summed E-state index contributed by atoms with van der Waals surface area (Å²) in [5.41, 5.74) is 9.90. The average molecular weight is 529 g/mol. The zero-order valence-corrected chi connectivity index (χ0v) is 18.7. The number of aromatic amines is 1. The number of aliphatic hydroxyl groups is 1. The fourth-order valence-electron chi connectivity index (χ4n) is 3.02. The van der Waals surface area contributed by atoms with Gasteiger partial charge in [-0.25, -0.2) is 18.9 Å². The van der Waals surface area contributed by atoms with Crippen molar-refractivity contribution >= 4 is 38.9 Å². The van der Waals surface area contributed by atoms with Crippen LogP contribution in [0.25, 0.3) is 11.2 Å². The van der Waals surface area contributed by atoms with E-state index in [-0.39, 0.29) is 30.2 Å². The normalized spacial score (nSPS) is 24.7. The second-order valence-electron chi connectivity index (χ2n) is 6.75. The molecule has 3 rings (SSSR count). The molecule has 2 aromatic rings. The number of rotatable bonds is 9. The van der Waals surface area contributed by atoms with Crippen LogP contribution in [0.3, 0.4) is 0 Å². The van der Waals surface area contributed by atoms with E-state index in [1.165, 1.54) is 0 Å². The van der Waals surface area contributed by atoms with E-state index >= 15 is 0 Å². The number of anilines is 1. The molecule has 5 atom stereocenters. The highest BCUT2D eigenvalue weighted by molar-refractivity contribution is 7.60. The first-order valence-electron chi connectivity index (χ1n) is 9.26. The molecule has 3 heterocycles. The molecular formula is C13H21N7O12P2. The molecule has 1 saturated heterocycles.